The Labute approximate surface area is 166 Å². The van der Waals surface area contributed by atoms with Gasteiger partial charge in [-0.1, -0.05) is 24.3 Å². The van der Waals surface area contributed by atoms with Crippen LogP contribution in [-0.2, 0) is 25.3 Å². The van der Waals surface area contributed by atoms with Crippen LogP contribution in [0.4, 0.5) is 13.2 Å². The topological polar surface area (TPSA) is 73.9 Å². The molecule has 0 saturated heterocycles. The fourth-order valence-electron chi connectivity index (χ4n) is 2.74. The van der Waals surface area contributed by atoms with Crippen molar-refractivity contribution in [1.82, 2.24) is 5.32 Å². The minimum atomic E-state index is -1.38. The van der Waals surface area contributed by atoms with Gasteiger partial charge >= 0.3 is 13.1 Å². The van der Waals surface area contributed by atoms with E-state index in [0.29, 0.717) is 17.7 Å². The molecule has 0 fully saturated rings. The number of carbonyl (C=O) groups excluding carboxylic acids is 2. The highest BCUT2D eigenvalue weighted by Crippen LogP contribution is 2.15. The molecule has 10 heteroatoms. The van der Waals surface area contributed by atoms with E-state index in [1.54, 1.807) is 24.3 Å². The Morgan fingerprint density at radius 1 is 1.00 bits per heavy atom. The third kappa shape index (κ3) is 5.58. The molecule has 0 aliphatic heterocycles. The number of methoxy groups -OCH3 is 1. The number of halogens is 3. The molecule has 154 valence electrons. The lowest BCUT2D eigenvalue weighted by Gasteiger charge is -2.17. The zero-order chi connectivity index (χ0) is 21.6. The van der Waals surface area contributed by atoms with Crippen molar-refractivity contribution < 1.29 is 36.8 Å². The van der Waals surface area contributed by atoms with Gasteiger partial charge in [0.15, 0.2) is 0 Å². The van der Waals surface area contributed by atoms with Crippen molar-refractivity contribution in [2.75, 3.05) is 21.3 Å². The van der Waals surface area contributed by atoms with Gasteiger partial charge in [0.1, 0.15) is 29.1 Å². The first-order valence-electron chi connectivity index (χ1n) is 8.48. The quantitative estimate of drug-likeness (QED) is 0.530. The Kier molecular flexibility index (Phi) is 7.80. The SMILES string of the molecule is COB(OC)c1ccc(C[C@@H](NC(=O)c2c(F)cc(F)cc2F)C(=O)OC)cc1. The maximum atomic E-state index is 13.8. The van der Waals surface area contributed by atoms with Gasteiger partial charge in [-0.25, -0.2) is 18.0 Å². The Morgan fingerprint density at radius 3 is 2.03 bits per heavy atom. The highest BCUT2D eigenvalue weighted by atomic mass is 19.1. The van der Waals surface area contributed by atoms with E-state index >= 15 is 0 Å². The third-order valence-electron chi connectivity index (χ3n) is 4.14. The predicted molar refractivity (Wildman–Crippen MR) is 99.1 cm³/mol. The molecule has 29 heavy (non-hydrogen) atoms. The second-order valence-electron chi connectivity index (χ2n) is 6.04. The van der Waals surface area contributed by atoms with Crippen LogP contribution in [0.3, 0.4) is 0 Å². The summed E-state index contributed by atoms with van der Waals surface area (Å²) in [5, 5.41) is 2.23. The monoisotopic (exact) mass is 409 g/mol. The Balaban J connectivity index is 2.20. The van der Waals surface area contributed by atoms with E-state index in [1.807, 2.05) is 0 Å². The minimum absolute atomic E-state index is 0.00619. The molecule has 2 aromatic rings. The molecule has 1 N–H and O–H groups in total. The highest BCUT2D eigenvalue weighted by Gasteiger charge is 2.27. The molecule has 0 heterocycles. The number of hydrogen-bond donors (Lipinski definition) is 1. The molecular weight excluding hydrogens is 390 g/mol. The molecule has 0 radical (unpaired) electrons. The van der Waals surface area contributed by atoms with E-state index in [0.717, 1.165) is 12.6 Å². The summed E-state index contributed by atoms with van der Waals surface area (Å²) < 4.78 is 55.6. The van der Waals surface area contributed by atoms with Crippen LogP contribution in [0.5, 0.6) is 0 Å². The zero-order valence-corrected chi connectivity index (χ0v) is 16.0. The van der Waals surface area contributed by atoms with Crippen LogP contribution < -0.4 is 10.8 Å². The molecule has 0 unspecified atom stereocenters. The summed E-state index contributed by atoms with van der Waals surface area (Å²) in [5.74, 6) is -5.93. The smallest absolute Gasteiger partial charge is 0.467 e. The Bertz CT molecular complexity index is 852. The fourth-order valence-corrected chi connectivity index (χ4v) is 2.74. The lowest BCUT2D eigenvalue weighted by molar-refractivity contribution is -0.142. The molecule has 0 spiro atoms. The molecule has 2 aromatic carbocycles. The van der Waals surface area contributed by atoms with Gasteiger partial charge in [0.2, 0.25) is 0 Å². The first-order chi connectivity index (χ1) is 13.8. The summed E-state index contributed by atoms with van der Waals surface area (Å²) >= 11 is 0. The third-order valence-corrected chi connectivity index (χ3v) is 4.14. The average Bonchev–Trinajstić information content (AvgIpc) is 2.68. The first-order valence-corrected chi connectivity index (χ1v) is 8.48. The van der Waals surface area contributed by atoms with Crippen LogP contribution in [-0.4, -0.2) is 46.4 Å². The summed E-state index contributed by atoms with van der Waals surface area (Å²) in [6.45, 7) is 0. The number of esters is 1. The van der Waals surface area contributed by atoms with Crippen molar-refractivity contribution in [2.24, 2.45) is 0 Å². The van der Waals surface area contributed by atoms with Gasteiger partial charge in [0, 0.05) is 32.8 Å². The van der Waals surface area contributed by atoms with E-state index in [2.05, 4.69) is 10.1 Å². The van der Waals surface area contributed by atoms with Crippen LogP contribution >= 0.6 is 0 Å². The van der Waals surface area contributed by atoms with Gasteiger partial charge in [-0.15, -0.1) is 0 Å². The van der Waals surface area contributed by atoms with Crippen molar-refractivity contribution in [3.05, 3.63) is 65.0 Å². The van der Waals surface area contributed by atoms with Crippen molar-refractivity contribution >= 4 is 24.5 Å². The zero-order valence-electron chi connectivity index (χ0n) is 16.0. The molecular formula is C19H19BF3NO5. The van der Waals surface area contributed by atoms with Gasteiger partial charge in [0.05, 0.1) is 7.11 Å². The van der Waals surface area contributed by atoms with Crippen LogP contribution in [0.1, 0.15) is 15.9 Å². The van der Waals surface area contributed by atoms with Gasteiger partial charge in [-0.05, 0) is 11.0 Å². The first kappa shape index (κ1) is 22.4. The van der Waals surface area contributed by atoms with Crippen LogP contribution in [0.2, 0.25) is 0 Å². The number of ether oxygens (including phenoxy) is 1. The fraction of sp³-hybridized carbons (Fsp3) is 0.263. The van der Waals surface area contributed by atoms with Crippen LogP contribution in [0, 0.1) is 17.5 Å². The summed E-state index contributed by atoms with van der Waals surface area (Å²) in [6, 6.07) is 6.33. The molecule has 1 atom stereocenters. The molecule has 6 nitrogen and oxygen atoms in total. The van der Waals surface area contributed by atoms with E-state index in [1.165, 1.54) is 14.2 Å². The average molecular weight is 409 g/mol. The normalized spacial score (nSPS) is 11.7. The number of hydrogen-bond acceptors (Lipinski definition) is 5. The second kappa shape index (κ2) is 10.1. The van der Waals surface area contributed by atoms with Crippen LogP contribution in [0.25, 0.3) is 0 Å². The summed E-state index contributed by atoms with van der Waals surface area (Å²) in [5.41, 5.74) is 0.377. The molecule has 1 amide bonds. The van der Waals surface area contributed by atoms with E-state index < -0.39 is 48.1 Å². The Hall–Kier alpha value is -2.85. The second-order valence-corrected chi connectivity index (χ2v) is 6.04. The maximum Gasteiger partial charge on any atom is 0.493 e. The number of carbonyl (C=O) groups is 2. The van der Waals surface area contributed by atoms with E-state index in [9.17, 15) is 22.8 Å². The van der Waals surface area contributed by atoms with Crippen molar-refractivity contribution in [2.45, 2.75) is 12.5 Å². The molecule has 0 aliphatic rings. The molecule has 0 saturated carbocycles. The van der Waals surface area contributed by atoms with Crippen molar-refractivity contribution in [1.29, 1.82) is 0 Å². The standard InChI is InChI=1S/C19H19BF3NO5/c1-27-19(26)16(8-11-4-6-12(7-5-11)20(28-2)29-3)24-18(25)17-14(22)9-13(21)10-15(17)23/h4-7,9-10,16H,8H2,1-3H3,(H,24,25)/t16-/m1/s1. The molecule has 0 aromatic heterocycles. The lowest BCUT2D eigenvalue weighted by atomic mass is 9.78. The molecule has 2 rings (SSSR count). The minimum Gasteiger partial charge on any atom is -0.467 e. The number of amides is 1. The van der Waals surface area contributed by atoms with Gasteiger partial charge < -0.3 is 19.4 Å². The van der Waals surface area contributed by atoms with Gasteiger partial charge in [-0.2, -0.15) is 0 Å². The number of benzene rings is 2. The van der Waals surface area contributed by atoms with E-state index in [-0.39, 0.29) is 6.42 Å². The van der Waals surface area contributed by atoms with Gasteiger partial charge in [0.25, 0.3) is 5.91 Å². The number of rotatable bonds is 8. The predicted octanol–water partition coefficient (Wildman–Crippen LogP) is 1.61. The van der Waals surface area contributed by atoms with Crippen LogP contribution in [0.15, 0.2) is 36.4 Å². The molecule has 0 bridgehead atoms. The molecule has 0 aliphatic carbocycles. The highest BCUT2D eigenvalue weighted by molar-refractivity contribution is 6.61. The van der Waals surface area contributed by atoms with Crippen molar-refractivity contribution in [3.8, 4) is 0 Å². The van der Waals surface area contributed by atoms with E-state index in [4.69, 9.17) is 9.31 Å². The lowest BCUT2D eigenvalue weighted by Crippen LogP contribution is -2.43. The largest absolute Gasteiger partial charge is 0.493 e. The van der Waals surface area contributed by atoms with Crippen molar-refractivity contribution in [3.63, 3.8) is 0 Å². The summed E-state index contributed by atoms with van der Waals surface area (Å²) in [4.78, 5) is 24.3. The maximum absolute atomic E-state index is 13.8. The summed E-state index contributed by atoms with van der Waals surface area (Å²) in [7, 11) is 3.52. The number of nitrogens with one attached hydrogen (secondary N) is 1. The van der Waals surface area contributed by atoms with Gasteiger partial charge in [-0.3, -0.25) is 4.79 Å². The Morgan fingerprint density at radius 2 is 1.55 bits per heavy atom. The summed E-state index contributed by atoms with van der Waals surface area (Å²) in [6.07, 6.45) is -0.00619.